The zero-order valence-electron chi connectivity index (χ0n) is 8.54. The van der Waals surface area contributed by atoms with E-state index < -0.39 is 19.9 Å². The Kier molecular flexibility index (Phi) is 4.92. The van der Waals surface area contributed by atoms with E-state index in [0.717, 1.165) is 12.1 Å². The largest absolute Gasteiger partial charge is 0.507 e. The van der Waals surface area contributed by atoms with Gasteiger partial charge in [-0.3, -0.25) is 9.13 Å². The van der Waals surface area contributed by atoms with Crippen LogP contribution in [0.5, 0.6) is 5.75 Å². The molecule has 0 fully saturated rings. The summed E-state index contributed by atoms with van der Waals surface area (Å²) in [5.74, 6) is -0.378. The molecule has 0 bridgehead atoms. The highest BCUT2D eigenvalue weighted by molar-refractivity contribution is 8.12. The van der Waals surface area contributed by atoms with E-state index in [1.165, 1.54) is 6.07 Å². The maximum atomic E-state index is 11.0. The summed E-state index contributed by atoms with van der Waals surface area (Å²) in [7, 11) is -10.1. The number of aromatic hydroxyl groups is 1. The van der Waals surface area contributed by atoms with E-state index in [4.69, 9.17) is 31.2 Å². The molecule has 0 aliphatic heterocycles. The van der Waals surface area contributed by atoms with Crippen molar-refractivity contribution in [2.75, 3.05) is 0 Å². The minimum Gasteiger partial charge on any atom is -0.507 e. The highest BCUT2D eigenvalue weighted by atomic mass is 35.5. The van der Waals surface area contributed by atoms with Gasteiger partial charge in [-0.2, -0.15) is 0 Å². The Morgan fingerprint density at radius 1 is 1.11 bits per heavy atom. The Bertz CT molecular complexity index is 517. The second-order valence-electron chi connectivity index (χ2n) is 3.23. The third kappa shape index (κ3) is 4.26. The SMILES string of the molecule is O=P(O)(O)C(Sc1cc(Cl)ccc1O)P(=O)(O)O. The zero-order valence-corrected chi connectivity index (χ0v) is 11.9. The third-order valence-corrected chi connectivity index (χ3v) is 7.99. The lowest BCUT2D eigenvalue weighted by Gasteiger charge is -2.19. The van der Waals surface area contributed by atoms with Crippen molar-refractivity contribution in [1.82, 2.24) is 0 Å². The molecule has 0 aliphatic rings. The summed E-state index contributed by atoms with van der Waals surface area (Å²) in [5, 5.41) is 9.59. The maximum Gasteiger partial charge on any atom is 0.351 e. The minimum atomic E-state index is -5.05. The molecule has 0 spiro atoms. The van der Waals surface area contributed by atoms with Gasteiger partial charge in [0.25, 0.3) is 0 Å². The fourth-order valence-electron chi connectivity index (χ4n) is 1.03. The Labute approximate surface area is 111 Å². The lowest BCUT2D eigenvalue weighted by Crippen LogP contribution is -2.04. The van der Waals surface area contributed by atoms with Crippen LogP contribution in [0.15, 0.2) is 23.1 Å². The summed E-state index contributed by atoms with van der Waals surface area (Å²) in [6.07, 6.45) is 0. The van der Waals surface area contributed by atoms with E-state index in [1.54, 1.807) is 0 Å². The van der Waals surface area contributed by atoms with Crippen LogP contribution in [0.1, 0.15) is 0 Å². The van der Waals surface area contributed by atoms with Crippen molar-refractivity contribution < 1.29 is 33.8 Å². The number of rotatable bonds is 4. The lowest BCUT2D eigenvalue weighted by molar-refractivity contribution is 0.352. The van der Waals surface area contributed by atoms with Crippen molar-refractivity contribution in [3.8, 4) is 5.75 Å². The van der Waals surface area contributed by atoms with E-state index in [2.05, 4.69) is 0 Å². The van der Waals surface area contributed by atoms with E-state index >= 15 is 0 Å². The van der Waals surface area contributed by atoms with Gasteiger partial charge in [-0.25, -0.2) is 0 Å². The molecule has 0 atom stereocenters. The summed E-state index contributed by atoms with van der Waals surface area (Å²) in [4.78, 5) is 35.5. The zero-order chi connectivity index (χ0) is 14.1. The number of phenolic OH excluding ortho intramolecular Hbond substituents is 1. The van der Waals surface area contributed by atoms with E-state index in [0.29, 0.717) is 0 Å². The molecule has 18 heavy (non-hydrogen) atoms. The Hall–Kier alpha value is -0.0400. The maximum absolute atomic E-state index is 11.0. The monoisotopic (exact) mass is 334 g/mol. The van der Waals surface area contributed by atoms with Crippen molar-refractivity contribution in [3.05, 3.63) is 23.2 Å². The van der Waals surface area contributed by atoms with E-state index in [-0.39, 0.29) is 27.4 Å². The second-order valence-corrected chi connectivity index (χ2v) is 9.31. The van der Waals surface area contributed by atoms with Crippen LogP contribution in [0.4, 0.5) is 0 Å². The number of thioether (sulfide) groups is 1. The van der Waals surface area contributed by atoms with Crippen LogP contribution in [-0.4, -0.2) is 29.4 Å². The summed E-state index contributed by atoms with van der Waals surface area (Å²) in [6, 6.07) is 3.63. The van der Waals surface area contributed by atoms with Crippen LogP contribution < -0.4 is 0 Å². The molecule has 0 saturated heterocycles. The molecule has 0 radical (unpaired) electrons. The standard InChI is InChI=1S/C7H9ClO7P2S/c8-4-1-2-5(9)6(3-4)18-7(16(10,11)12)17(13,14)15/h1-3,7,9H,(H2,10,11,12)(H2,13,14,15). The van der Waals surface area contributed by atoms with Gasteiger partial charge >= 0.3 is 15.2 Å². The highest BCUT2D eigenvalue weighted by Crippen LogP contribution is 2.66. The van der Waals surface area contributed by atoms with Crippen molar-refractivity contribution in [3.63, 3.8) is 0 Å². The Morgan fingerprint density at radius 2 is 1.61 bits per heavy atom. The highest BCUT2D eigenvalue weighted by Gasteiger charge is 2.44. The second kappa shape index (κ2) is 5.53. The first-order chi connectivity index (χ1) is 8.01. The average molecular weight is 335 g/mol. The molecule has 7 nitrogen and oxygen atoms in total. The first kappa shape index (κ1) is 16.0. The first-order valence-electron chi connectivity index (χ1n) is 4.27. The molecule has 0 saturated carbocycles. The quantitative estimate of drug-likeness (QED) is 0.415. The van der Waals surface area contributed by atoms with Gasteiger partial charge < -0.3 is 24.7 Å². The molecule has 1 aromatic carbocycles. The van der Waals surface area contributed by atoms with Crippen LogP contribution in [0, 0.1) is 0 Å². The molecule has 0 aliphatic carbocycles. The predicted molar refractivity (Wildman–Crippen MR) is 66.9 cm³/mol. The Balaban J connectivity index is 3.16. The summed E-state index contributed by atoms with van der Waals surface area (Å²) in [6.45, 7) is 0. The van der Waals surface area contributed by atoms with Gasteiger partial charge in [-0.15, -0.1) is 0 Å². The number of phenols is 1. The number of hydrogen-bond donors (Lipinski definition) is 5. The van der Waals surface area contributed by atoms with E-state index in [9.17, 15) is 14.2 Å². The van der Waals surface area contributed by atoms with Crippen molar-refractivity contribution in [1.29, 1.82) is 0 Å². The topological polar surface area (TPSA) is 135 Å². The van der Waals surface area contributed by atoms with Gasteiger partial charge in [0, 0.05) is 5.02 Å². The van der Waals surface area contributed by atoms with Crippen LogP contribution in [0.2, 0.25) is 5.02 Å². The summed E-state index contributed by atoms with van der Waals surface area (Å²) in [5.41, 5.74) is 0. The van der Waals surface area contributed by atoms with Gasteiger partial charge in [0.05, 0.1) is 4.90 Å². The number of halogens is 1. The van der Waals surface area contributed by atoms with Crippen LogP contribution in [0.3, 0.4) is 0 Å². The molecule has 0 heterocycles. The smallest absolute Gasteiger partial charge is 0.351 e. The first-order valence-corrected chi connectivity index (χ1v) is 8.89. The van der Waals surface area contributed by atoms with Gasteiger partial charge in [0.15, 0.2) is 0 Å². The predicted octanol–water partition coefficient (Wildman–Crippen LogP) is 1.78. The molecule has 0 unspecified atom stereocenters. The summed E-state index contributed by atoms with van der Waals surface area (Å²) < 4.78 is 19.8. The van der Waals surface area contributed by atoms with Gasteiger partial charge in [0.2, 0.25) is 4.73 Å². The molecule has 1 aromatic rings. The molecule has 0 aromatic heterocycles. The van der Waals surface area contributed by atoms with Crippen LogP contribution in [0.25, 0.3) is 0 Å². The van der Waals surface area contributed by atoms with Crippen molar-refractivity contribution in [2.45, 2.75) is 9.63 Å². The normalized spacial score (nSPS) is 13.0. The molecule has 11 heteroatoms. The van der Waals surface area contributed by atoms with Crippen molar-refractivity contribution >= 4 is 38.6 Å². The molecular weight excluding hydrogens is 326 g/mol. The van der Waals surface area contributed by atoms with Gasteiger partial charge in [-0.1, -0.05) is 23.4 Å². The minimum absolute atomic E-state index is 0.126. The summed E-state index contributed by atoms with van der Waals surface area (Å²) >= 11 is 5.80. The van der Waals surface area contributed by atoms with Gasteiger partial charge in [0.1, 0.15) is 5.75 Å². The average Bonchev–Trinajstić information content (AvgIpc) is 2.15. The molecule has 0 amide bonds. The molecular formula is C7H9ClO7P2S. The van der Waals surface area contributed by atoms with Crippen molar-refractivity contribution in [2.24, 2.45) is 0 Å². The lowest BCUT2D eigenvalue weighted by atomic mass is 10.3. The fourth-order valence-corrected chi connectivity index (χ4v) is 5.22. The fraction of sp³-hybridized carbons (Fsp3) is 0.143. The molecule has 102 valence electrons. The number of hydrogen-bond acceptors (Lipinski definition) is 4. The third-order valence-electron chi connectivity index (χ3n) is 1.73. The van der Waals surface area contributed by atoms with Crippen LogP contribution in [-0.2, 0) is 9.13 Å². The Morgan fingerprint density at radius 3 is 2.06 bits per heavy atom. The van der Waals surface area contributed by atoms with Crippen LogP contribution >= 0.6 is 38.6 Å². The van der Waals surface area contributed by atoms with E-state index in [1.807, 2.05) is 0 Å². The molecule has 1 rings (SSSR count). The number of benzene rings is 1. The molecule has 5 N–H and O–H groups in total. The van der Waals surface area contributed by atoms with Gasteiger partial charge in [-0.05, 0) is 18.2 Å².